The van der Waals surface area contributed by atoms with Crippen molar-refractivity contribution in [2.24, 2.45) is 10.9 Å². The molecule has 1 atom stereocenters. The van der Waals surface area contributed by atoms with Gasteiger partial charge in [0.25, 0.3) is 0 Å². The van der Waals surface area contributed by atoms with E-state index < -0.39 is 0 Å². The Kier molecular flexibility index (Phi) is 3.88. The van der Waals surface area contributed by atoms with Crippen molar-refractivity contribution in [2.45, 2.75) is 20.3 Å². The molecule has 3 heteroatoms. The van der Waals surface area contributed by atoms with E-state index >= 15 is 0 Å². The van der Waals surface area contributed by atoms with E-state index in [1.54, 1.807) is 0 Å². The van der Waals surface area contributed by atoms with Crippen LogP contribution in [-0.4, -0.2) is 17.5 Å². The summed E-state index contributed by atoms with van der Waals surface area (Å²) in [7, 11) is 0. The third-order valence-corrected chi connectivity index (χ3v) is 3.93. The molecule has 0 saturated carbocycles. The number of thioether (sulfide) groups is 1. The number of rotatable bonds is 2. The molecule has 86 valence electrons. The summed E-state index contributed by atoms with van der Waals surface area (Å²) < 4.78 is 0. The van der Waals surface area contributed by atoms with Crippen LogP contribution in [0.25, 0.3) is 0 Å². The van der Waals surface area contributed by atoms with Gasteiger partial charge in [0.2, 0.25) is 0 Å². The molecule has 0 radical (unpaired) electrons. The van der Waals surface area contributed by atoms with Crippen LogP contribution < -0.4 is 5.32 Å². The number of amidine groups is 1. The second-order valence-corrected chi connectivity index (χ2v) is 5.21. The molecule has 1 N–H and O–H groups in total. The minimum atomic E-state index is 0.706. The Bertz CT molecular complexity index is 387. The lowest BCUT2D eigenvalue weighted by Crippen LogP contribution is -2.19. The van der Waals surface area contributed by atoms with Gasteiger partial charge in [0, 0.05) is 18.0 Å². The summed E-state index contributed by atoms with van der Waals surface area (Å²) in [5.74, 6) is 1.87. The van der Waals surface area contributed by atoms with E-state index in [4.69, 9.17) is 0 Å². The number of nitrogens with one attached hydrogen (secondary N) is 1. The highest BCUT2D eigenvalue weighted by atomic mass is 32.2. The maximum atomic E-state index is 4.55. The van der Waals surface area contributed by atoms with Gasteiger partial charge in [-0.05, 0) is 24.0 Å². The Labute approximate surface area is 102 Å². The van der Waals surface area contributed by atoms with Crippen LogP contribution >= 0.6 is 11.8 Å². The lowest BCUT2D eigenvalue weighted by molar-refractivity contribution is 0.674. The molecule has 0 aliphatic carbocycles. The van der Waals surface area contributed by atoms with Crippen LogP contribution in [0.5, 0.6) is 0 Å². The summed E-state index contributed by atoms with van der Waals surface area (Å²) in [6, 6.07) is 8.44. The minimum absolute atomic E-state index is 0.706. The number of para-hydroxylation sites is 1. The van der Waals surface area contributed by atoms with Gasteiger partial charge in [-0.2, -0.15) is 0 Å². The number of anilines is 1. The van der Waals surface area contributed by atoms with Crippen LogP contribution in [0.1, 0.15) is 19.4 Å². The van der Waals surface area contributed by atoms with E-state index in [0.717, 1.165) is 18.1 Å². The second-order valence-electron chi connectivity index (χ2n) is 4.20. The molecule has 1 heterocycles. The van der Waals surface area contributed by atoms with Crippen molar-refractivity contribution < 1.29 is 0 Å². The monoisotopic (exact) mass is 234 g/mol. The van der Waals surface area contributed by atoms with Crippen molar-refractivity contribution >= 4 is 22.6 Å². The number of hydrogen-bond acceptors (Lipinski definition) is 3. The molecular formula is C13H18N2S. The molecule has 0 aromatic heterocycles. The van der Waals surface area contributed by atoms with E-state index in [1.165, 1.54) is 17.0 Å². The molecule has 0 saturated heterocycles. The first kappa shape index (κ1) is 11.5. The van der Waals surface area contributed by atoms with Gasteiger partial charge < -0.3 is 5.32 Å². The fraction of sp³-hybridized carbons (Fsp3) is 0.462. The Morgan fingerprint density at radius 2 is 2.25 bits per heavy atom. The summed E-state index contributed by atoms with van der Waals surface area (Å²) in [5.41, 5.74) is 2.55. The van der Waals surface area contributed by atoms with Gasteiger partial charge in [-0.1, -0.05) is 43.8 Å². The maximum Gasteiger partial charge on any atom is 0.161 e. The molecule has 1 aliphatic heterocycles. The lowest BCUT2D eigenvalue weighted by atomic mass is 10.1. The predicted molar refractivity (Wildman–Crippen MR) is 73.4 cm³/mol. The molecule has 16 heavy (non-hydrogen) atoms. The standard InChI is InChI=1S/C13H18N2S/c1-3-11-6-4-5-7-12(11)15-13-14-8-10(2)9-16-13/h4-7,10H,3,8-9H2,1-2H3,(H,14,15). The summed E-state index contributed by atoms with van der Waals surface area (Å²) in [6.45, 7) is 5.37. The van der Waals surface area contributed by atoms with Gasteiger partial charge in [0.1, 0.15) is 0 Å². The van der Waals surface area contributed by atoms with Crippen molar-refractivity contribution in [1.82, 2.24) is 0 Å². The van der Waals surface area contributed by atoms with E-state index in [0.29, 0.717) is 5.92 Å². The van der Waals surface area contributed by atoms with Crippen LogP contribution in [0.2, 0.25) is 0 Å². The van der Waals surface area contributed by atoms with Crippen molar-refractivity contribution in [3.8, 4) is 0 Å². The van der Waals surface area contributed by atoms with Gasteiger partial charge in [-0.3, -0.25) is 4.99 Å². The number of benzene rings is 1. The maximum absolute atomic E-state index is 4.55. The quantitative estimate of drug-likeness (QED) is 0.848. The third-order valence-electron chi connectivity index (χ3n) is 2.69. The Morgan fingerprint density at radius 3 is 2.94 bits per heavy atom. The zero-order valence-corrected chi connectivity index (χ0v) is 10.7. The molecule has 0 fully saturated rings. The molecule has 0 bridgehead atoms. The highest BCUT2D eigenvalue weighted by molar-refractivity contribution is 8.14. The number of hydrogen-bond donors (Lipinski definition) is 1. The van der Waals surface area contributed by atoms with E-state index in [-0.39, 0.29) is 0 Å². The zero-order valence-electron chi connectivity index (χ0n) is 9.86. The first-order valence-corrected chi connectivity index (χ1v) is 6.80. The van der Waals surface area contributed by atoms with Gasteiger partial charge in [0.15, 0.2) is 5.17 Å². The van der Waals surface area contributed by atoms with Crippen molar-refractivity contribution in [3.05, 3.63) is 29.8 Å². The molecule has 0 amide bonds. The Balaban J connectivity index is 2.09. The Hall–Kier alpha value is -0.960. The van der Waals surface area contributed by atoms with Crippen LogP contribution in [0.4, 0.5) is 5.69 Å². The highest BCUT2D eigenvalue weighted by Gasteiger charge is 2.12. The molecular weight excluding hydrogens is 216 g/mol. The lowest BCUT2D eigenvalue weighted by Gasteiger charge is -2.19. The topological polar surface area (TPSA) is 24.4 Å². The molecule has 0 spiro atoms. The number of nitrogens with zero attached hydrogens (tertiary/aromatic N) is 1. The first-order valence-electron chi connectivity index (χ1n) is 5.81. The van der Waals surface area contributed by atoms with Crippen LogP contribution in [0.3, 0.4) is 0 Å². The normalized spacial score (nSPS) is 20.4. The van der Waals surface area contributed by atoms with E-state index in [2.05, 4.69) is 48.4 Å². The molecule has 1 unspecified atom stereocenters. The third kappa shape index (κ3) is 2.79. The number of aryl methyl sites for hydroxylation is 1. The Morgan fingerprint density at radius 1 is 1.44 bits per heavy atom. The van der Waals surface area contributed by atoms with Crippen LogP contribution in [-0.2, 0) is 6.42 Å². The fourth-order valence-electron chi connectivity index (χ4n) is 1.70. The van der Waals surface area contributed by atoms with Crippen LogP contribution in [0.15, 0.2) is 29.3 Å². The summed E-state index contributed by atoms with van der Waals surface area (Å²) in [5, 5.41) is 4.50. The van der Waals surface area contributed by atoms with Crippen molar-refractivity contribution in [3.63, 3.8) is 0 Å². The smallest absolute Gasteiger partial charge is 0.161 e. The summed E-state index contributed by atoms with van der Waals surface area (Å²) in [6.07, 6.45) is 1.05. The van der Waals surface area contributed by atoms with E-state index in [9.17, 15) is 0 Å². The average Bonchev–Trinajstić information content (AvgIpc) is 2.33. The zero-order chi connectivity index (χ0) is 11.4. The molecule has 1 aromatic carbocycles. The van der Waals surface area contributed by atoms with Crippen molar-refractivity contribution in [1.29, 1.82) is 0 Å². The van der Waals surface area contributed by atoms with Crippen molar-refractivity contribution in [2.75, 3.05) is 17.6 Å². The molecule has 1 aliphatic rings. The largest absolute Gasteiger partial charge is 0.335 e. The van der Waals surface area contributed by atoms with E-state index in [1.807, 2.05) is 11.8 Å². The van der Waals surface area contributed by atoms with Gasteiger partial charge >= 0.3 is 0 Å². The fourth-order valence-corrected chi connectivity index (χ4v) is 2.60. The minimum Gasteiger partial charge on any atom is -0.335 e. The van der Waals surface area contributed by atoms with Crippen LogP contribution in [0, 0.1) is 5.92 Å². The number of aliphatic imine (C=N–C) groups is 1. The molecule has 1 aromatic rings. The predicted octanol–water partition coefficient (Wildman–Crippen LogP) is 3.40. The highest BCUT2D eigenvalue weighted by Crippen LogP contribution is 2.21. The van der Waals surface area contributed by atoms with Gasteiger partial charge in [-0.15, -0.1) is 0 Å². The van der Waals surface area contributed by atoms with Gasteiger partial charge in [0.05, 0.1) is 0 Å². The molecule has 2 nitrogen and oxygen atoms in total. The second kappa shape index (κ2) is 5.39. The van der Waals surface area contributed by atoms with Gasteiger partial charge in [-0.25, -0.2) is 0 Å². The average molecular weight is 234 g/mol. The SMILES string of the molecule is CCc1ccccc1NC1=NCC(C)CS1. The summed E-state index contributed by atoms with van der Waals surface area (Å²) >= 11 is 1.82. The first-order chi connectivity index (χ1) is 7.79. The summed E-state index contributed by atoms with van der Waals surface area (Å²) in [4.78, 5) is 4.55. The molecule has 2 rings (SSSR count).